The molecule has 0 bridgehead atoms. The molecule has 1 atom stereocenters. The second kappa shape index (κ2) is 8.10. The van der Waals surface area contributed by atoms with Gasteiger partial charge in [-0.1, -0.05) is 24.3 Å². The van der Waals surface area contributed by atoms with Crippen molar-refractivity contribution in [2.24, 2.45) is 0 Å². The van der Waals surface area contributed by atoms with Gasteiger partial charge >= 0.3 is 0 Å². The van der Waals surface area contributed by atoms with Gasteiger partial charge in [-0.15, -0.1) is 0 Å². The topological polar surface area (TPSA) is 70.1 Å². The number of ether oxygens (including phenoxy) is 1. The number of hydrogen-bond donors (Lipinski definition) is 1. The van der Waals surface area contributed by atoms with Crippen LogP contribution in [0.2, 0.25) is 0 Å². The predicted octanol–water partition coefficient (Wildman–Crippen LogP) is 3.08. The van der Waals surface area contributed by atoms with Crippen LogP contribution < -0.4 is 0 Å². The van der Waals surface area contributed by atoms with Crippen LogP contribution in [-0.4, -0.2) is 70.7 Å². The van der Waals surface area contributed by atoms with Gasteiger partial charge in [0.2, 0.25) is 0 Å². The van der Waals surface area contributed by atoms with Crippen molar-refractivity contribution in [3.8, 4) is 0 Å². The number of likely N-dealkylation sites (tertiary alicyclic amines) is 1. The number of imide groups is 1. The van der Waals surface area contributed by atoms with Crippen molar-refractivity contribution in [3.63, 3.8) is 0 Å². The smallest absolute Gasteiger partial charge is 0.261 e. The number of hydrogen-bond acceptors (Lipinski definition) is 5. The van der Waals surface area contributed by atoms with Crippen LogP contribution in [0.5, 0.6) is 0 Å². The molecule has 1 N–H and O–H groups in total. The molecular weight excluding hydrogens is 380 g/mol. The van der Waals surface area contributed by atoms with E-state index in [0.717, 1.165) is 23.9 Å². The van der Waals surface area contributed by atoms with Crippen molar-refractivity contribution < 1.29 is 19.4 Å². The summed E-state index contributed by atoms with van der Waals surface area (Å²) in [4.78, 5) is 30.0. The molecule has 30 heavy (non-hydrogen) atoms. The van der Waals surface area contributed by atoms with E-state index >= 15 is 0 Å². The Labute approximate surface area is 177 Å². The van der Waals surface area contributed by atoms with E-state index in [9.17, 15) is 14.7 Å². The molecule has 2 heterocycles. The van der Waals surface area contributed by atoms with Gasteiger partial charge in [0.25, 0.3) is 11.8 Å². The molecule has 0 spiro atoms. The number of aliphatic hydroxyl groups excluding tert-OH is 1. The summed E-state index contributed by atoms with van der Waals surface area (Å²) >= 11 is 0. The maximum atomic E-state index is 13.2. The lowest BCUT2D eigenvalue weighted by Crippen LogP contribution is -2.52. The van der Waals surface area contributed by atoms with Gasteiger partial charge in [-0.3, -0.25) is 14.5 Å². The van der Waals surface area contributed by atoms with Crippen LogP contribution >= 0.6 is 0 Å². The summed E-state index contributed by atoms with van der Waals surface area (Å²) in [7, 11) is 0. The van der Waals surface area contributed by atoms with E-state index in [1.165, 1.54) is 4.90 Å². The molecular formula is C24H30N2O4. The summed E-state index contributed by atoms with van der Waals surface area (Å²) < 4.78 is 5.66. The fraction of sp³-hybridized carbons (Fsp3) is 0.500. The summed E-state index contributed by atoms with van der Waals surface area (Å²) in [5, 5.41) is 12.0. The first kappa shape index (κ1) is 21.0. The molecule has 6 nitrogen and oxygen atoms in total. The van der Waals surface area contributed by atoms with Crippen LogP contribution in [0.15, 0.2) is 36.4 Å². The van der Waals surface area contributed by atoms with Crippen LogP contribution in [0.3, 0.4) is 0 Å². The molecule has 0 aliphatic carbocycles. The predicted molar refractivity (Wildman–Crippen MR) is 116 cm³/mol. The van der Waals surface area contributed by atoms with Crippen molar-refractivity contribution in [1.82, 2.24) is 9.80 Å². The first-order chi connectivity index (χ1) is 14.2. The largest absolute Gasteiger partial charge is 0.389 e. The van der Waals surface area contributed by atoms with E-state index in [2.05, 4.69) is 4.90 Å². The molecule has 6 heteroatoms. The summed E-state index contributed by atoms with van der Waals surface area (Å²) in [5.41, 5.74) is 0.946. The SMILES string of the molecule is CC(C)(C)OC[C@H](O)CN1CCC(N2C(=O)c3cccc4cccc(c34)C2=O)CC1. The maximum absolute atomic E-state index is 13.2. The summed E-state index contributed by atoms with van der Waals surface area (Å²) in [6.07, 6.45) is 0.869. The Kier molecular flexibility index (Phi) is 5.66. The van der Waals surface area contributed by atoms with Gasteiger partial charge < -0.3 is 14.7 Å². The Morgan fingerprint density at radius 1 is 1.03 bits per heavy atom. The quantitative estimate of drug-likeness (QED) is 0.767. The molecule has 2 amide bonds. The second-order valence-corrected chi connectivity index (χ2v) is 9.30. The number of β-amino-alcohol motifs (C(OH)–C–C–N with tert-alkyl or cyclic N) is 1. The molecule has 1 saturated heterocycles. The zero-order chi connectivity index (χ0) is 21.5. The maximum Gasteiger partial charge on any atom is 0.261 e. The molecule has 0 unspecified atom stereocenters. The highest BCUT2D eigenvalue weighted by atomic mass is 16.5. The number of carbonyl (C=O) groups is 2. The van der Waals surface area contributed by atoms with Gasteiger partial charge in [0.15, 0.2) is 0 Å². The third kappa shape index (κ3) is 4.13. The molecule has 4 rings (SSSR count). The summed E-state index contributed by atoms with van der Waals surface area (Å²) in [5.74, 6) is -0.386. The molecule has 2 aromatic carbocycles. The Morgan fingerprint density at radius 3 is 2.13 bits per heavy atom. The molecule has 1 fully saturated rings. The molecule has 160 valence electrons. The average molecular weight is 411 g/mol. The van der Waals surface area contributed by atoms with Crippen molar-refractivity contribution in [2.45, 2.75) is 51.4 Å². The first-order valence-corrected chi connectivity index (χ1v) is 10.7. The van der Waals surface area contributed by atoms with Crippen LogP contribution in [0, 0.1) is 0 Å². The third-order valence-electron chi connectivity index (χ3n) is 5.90. The zero-order valence-electron chi connectivity index (χ0n) is 17.9. The Hall–Kier alpha value is -2.28. The minimum Gasteiger partial charge on any atom is -0.389 e. The van der Waals surface area contributed by atoms with Crippen LogP contribution in [0.25, 0.3) is 10.8 Å². The minimum absolute atomic E-state index is 0.118. The van der Waals surface area contributed by atoms with E-state index in [4.69, 9.17) is 4.74 Å². The standard InChI is InChI=1S/C24H30N2O4/c1-24(2,3)30-15-18(27)14-25-12-10-17(11-13-25)26-22(28)19-8-4-6-16-7-5-9-20(21(16)19)23(26)29/h4-9,17-18,27H,10-15H2,1-3H3/t18-/m1/s1. The average Bonchev–Trinajstić information content (AvgIpc) is 2.71. The van der Waals surface area contributed by atoms with E-state index in [1.807, 2.05) is 57.2 Å². The molecule has 2 aromatic rings. The summed E-state index contributed by atoms with van der Waals surface area (Å²) in [6, 6.07) is 11.1. The van der Waals surface area contributed by atoms with Gasteiger partial charge in [-0.25, -0.2) is 0 Å². The highest BCUT2D eigenvalue weighted by Crippen LogP contribution is 2.32. The number of amides is 2. The van der Waals surface area contributed by atoms with Crippen molar-refractivity contribution in [2.75, 3.05) is 26.2 Å². The van der Waals surface area contributed by atoms with E-state index in [-0.39, 0.29) is 23.5 Å². The van der Waals surface area contributed by atoms with E-state index in [1.54, 1.807) is 0 Å². The van der Waals surface area contributed by atoms with Gasteiger partial charge in [-0.2, -0.15) is 0 Å². The third-order valence-corrected chi connectivity index (χ3v) is 5.90. The number of carbonyl (C=O) groups excluding carboxylic acids is 2. The number of aliphatic hydroxyl groups is 1. The number of benzene rings is 2. The van der Waals surface area contributed by atoms with Crippen molar-refractivity contribution >= 4 is 22.6 Å². The van der Waals surface area contributed by atoms with Gasteiger partial charge in [0, 0.05) is 42.2 Å². The van der Waals surface area contributed by atoms with E-state index < -0.39 is 6.10 Å². The van der Waals surface area contributed by atoms with E-state index in [0.29, 0.717) is 37.1 Å². The summed E-state index contributed by atoms with van der Waals surface area (Å²) in [6.45, 7) is 8.21. The highest BCUT2D eigenvalue weighted by molar-refractivity contribution is 6.25. The van der Waals surface area contributed by atoms with Crippen molar-refractivity contribution in [1.29, 1.82) is 0 Å². The number of nitrogens with zero attached hydrogens (tertiary/aromatic N) is 2. The molecule has 2 aliphatic rings. The number of piperidine rings is 1. The van der Waals surface area contributed by atoms with Crippen LogP contribution in [0.1, 0.15) is 54.3 Å². The normalized spacial score (nSPS) is 19.5. The zero-order valence-corrected chi connectivity index (χ0v) is 17.9. The fourth-order valence-electron chi connectivity index (χ4n) is 4.44. The lowest BCUT2D eigenvalue weighted by Gasteiger charge is -2.39. The second-order valence-electron chi connectivity index (χ2n) is 9.30. The van der Waals surface area contributed by atoms with Crippen LogP contribution in [0.4, 0.5) is 0 Å². The highest BCUT2D eigenvalue weighted by Gasteiger charge is 2.38. The van der Waals surface area contributed by atoms with Gasteiger partial charge in [0.05, 0.1) is 18.3 Å². The van der Waals surface area contributed by atoms with Gasteiger partial charge in [-0.05, 0) is 51.1 Å². The number of rotatable bonds is 5. The first-order valence-electron chi connectivity index (χ1n) is 10.7. The minimum atomic E-state index is -0.552. The lowest BCUT2D eigenvalue weighted by atomic mass is 9.91. The monoisotopic (exact) mass is 410 g/mol. The van der Waals surface area contributed by atoms with Crippen molar-refractivity contribution in [3.05, 3.63) is 47.5 Å². The Bertz CT molecular complexity index is 907. The molecule has 2 aliphatic heterocycles. The lowest BCUT2D eigenvalue weighted by molar-refractivity contribution is -0.0579. The van der Waals surface area contributed by atoms with Gasteiger partial charge in [0.1, 0.15) is 0 Å². The molecule has 0 aromatic heterocycles. The fourth-order valence-corrected chi connectivity index (χ4v) is 4.44. The Morgan fingerprint density at radius 2 is 1.60 bits per heavy atom. The van der Waals surface area contributed by atoms with Crippen LogP contribution in [-0.2, 0) is 4.74 Å². The Balaban J connectivity index is 1.42. The molecule has 0 radical (unpaired) electrons. The molecule has 0 saturated carbocycles.